The molecule has 0 fully saturated rings. The van der Waals surface area contributed by atoms with Gasteiger partial charge in [0.15, 0.2) is 0 Å². The van der Waals surface area contributed by atoms with Gasteiger partial charge in [-0.15, -0.1) is 11.6 Å². The van der Waals surface area contributed by atoms with Crippen LogP contribution >= 0.6 is 11.6 Å². The second kappa shape index (κ2) is 11.8. The molecule has 0 spiro atoms. The van der Waals surface area contributed by atoms with Crippen LogP contribution in [0.4, 0.5) is 0 Å². The Hall–Kier alpha value is -0.240. The third-order valence-electron chi connectivity index (χ3n) is 2.49. The zero-order valence-electron chi connectivity index (χ0n) is 9.77. The Balaban J connectivity index is 2.95. The monoisotopic (exact) mass is 234 g/mol. The van der Waals surface area contributed by atoms with E-state index < -0.39 is 0 Å². The van der Waals surface area contributed by atoms with Crippen molar-refractivity contribution in [3.05, 3.63) is 0 Å². The van der Waals surface area contributed by atoms with Crippen molar-refractivity contribution in [1.29, 1.82) is 0 Å². The van der Waals surface area contributed by atoms with E-state index in [0.29, 0.717) is 6.42 Å². The maximum atomic E-state index is 10.8. The molecule has 90 valence electrons. The third kappa shape index (κ3) is 11.7. The number of hydrogen-bond donors (Lipinski definition) is 0. The summed E-state index contributed by atoms with van der Waals surface area (Å²) in [5, 5.41) is 0. The summed E-state index contributed by atoms with van der Waals surface area (Å²) in [5.74, 6) is 0.705. The predicted octanol–water partition coefficient (Wildman–Crippen LogP) is 3.91. The maximum absolute atomic E-state index is 10.8. The van der Waals surface area contributed by atoms with Gasteiger partial charge in [0.25, 0.3) is 0 Å². The van der Waals surface area contributed by atoms with Gasteiger partial charge in [-0.2, -0.15) is 0 Å². The van der Waals surface area contributed by atoms with Gasteiger partial charge < -0.3 is 4.74 Å². The number of unbranched alkanes of at least 4 members (excludes halogenated alkanes) is 7. The van der Waals surface area contributed by atoms with E-state index >= 15 is 0 Å². The van der Waals surface area contributed by atoms with E-state index in [-0.39, 0.29) is 5.97 Å². The number of esters is 1. The van der Waals surface area contributed by atoms with Crippen molar-refractivity contribution >= 4 is 17.6 Å². The molecule has 3 heteroatoms. The lowest BCUT2D eigenvalue weighted by atomic mass is 10.1. The second-order valence-corrected chi connectivity index (χ2v) is 4.22. The van der Waals surface area contributed by atoms with Crippen LogP contribution in [0.2, 0.25) is 0 Å². The maximum Gasteiger partial charge on any atom is 0.305 e. The topological polar surface area (TPSA) is 26.3 Å². The molecule has 0 rings (SSSR count). The Morgan fingerprint density at radius 2 is 1.40 bits per heavy atom. The van der Waals surface area contributed by atoms with Gasteiger partial charge in [0, 0.05) is 12.3 Å². The molecule has 0 bridgehead atoms. The Labute approximate surface area is 98.3 Å². The van der Waals surface area contributed by atoms with Gasteiger partial charge in [0.2, 0.25) is 0 Å². The van der Waals surface area contributed by atoms with Gasteiger partial charge >= 0.3 is 5.97 Å². The fourth-order valence-corrected chi connectivity index (χ4v) is 1.72. The van der Waals surface area contributed by atoms with Gasteiger partial charge in [0.1, 0.15) is 0 Å². The first kappa shape index (κ1) is 14.8. The average Bonchev–Trinajstić information content (AvgIpc) is 2.26. The largest absolute Gasteiger partial charge is 0.469 e. The van der Waals surface area contributed by atoms with E-state index in [1.807, 2.05) is 0 Å². The zero-order chi connectivity index (χ0) is 11.4. The van der Waals surface area contributed by atoms with E-state index in [0.717, 1.165) is 25.1 Å². The Bertz CT molecular complexity index is 149. The number of ether oxygens (including phenoxy) is 1. The van der Waals surface area contributed by atoms with Crippen molar-refractivity contribution < 1.29 is 9.53 Å². The molecule has 0 saturated carbocycles. The molecular formula is C12H23ClO2. The second-order valence-electron chi connectivity index (χ2n) is 3.84. The number of carbonyl (C=O) groups excluding carboxylic acids is 1. The standard InChI is InChI=1S/C12H23ClO2/c1-15-12(14)10-8-6-4-2-3-5-7-9-11-13/h2-11H2,1H3. The summed E-state index contributed by atoms with van der Waals surface area (Å²) < 4.78 is 4.57. The van der Waals surface area contributed by atoms with Gasteiger partial charge in [0.05, 0.1) is 7.11 Å². The molecule has 0 aliphatic carbocycles. The summed E-state index contributed by atoms with van der Waals surface area (Å²) in [6.45, 7) is 0. The predicted molar refractivity (Wildman–Crippen MR) is 64.3 cm³/mol. The van der Waals surface area contributed by atoms with Crippen molar-refractivity contribution in [3.8, 4) is 0 Å². The highest BCUT2D eigenvalue weighted by atomic mass is 35.5. The van der Waals surface area contributed by atoms with Gasteiger partial charge in [-0.1, -0.05) is 38.5 Å². The van der Waals surface area contributed by atoms with Crippen molar-refractivity contribution in [1.82, 2.24) is 0 Å². The highest BCUT2D eigenvalue weighted by Crippen LogP contribution is 2.10. The summed E-state index contributed by atoms with van der Waals surface area (Å²) >= 11 is 5.58. The molecule has 0 aliphatic rings. The molecule has 2 nitrogen and oxygen atoms in total. The third-order valence-corrected chi connectivity index (χ3v) is 2.76. The van der Waals surface area contributed by atoms with E-state index in [2.05, 4.69) is 4.74 Å². The SMILES string of the molecule is COC(=O)CCCCCCCCCCCl. The van der Waals surface area contributed by atoms with Crippen LogP contribution in [0.15, 0.2) is 0 Å². The summed E-state index contributed by atoms with van der Waals surface area (Å²) in [7, 11) is 1.44. The molecule has 0 saturated heterocycles. The van der Waals surface area contributed by atoms with E-state index in [9.17, 15) is 4.79 Å². The molecule has 0 radical (unpaired) electrons. The number of rotatable bonds is 10. The molecule has 0 aromatic rings. The summed E-state index contributed by atoms with van der Waals surface area (Å²) in [6, 6.07) is 0. The van der Waals surface area contributed by atoms with E-state index in [4.69, 9.17) is 11.6 Å². The van der Waals surface area contributed by atoms with E-state index in [1.165, 1.54) is 39.2 Å². The fraction of sp³-hybridized carbons (Fsp3) is 0.917. The van der Waals surface area contributed by atoms with Gasteiger partial charge in [-0.05, 0) is 12.8 Å². The molecule has 0 N–H and O–H groups in total. The van der Waals surface area contributed by atoms with Crippen LogP contribution in [-0.2, 0) is 9.53 Å². The molecule has 0 aliphatic heterocycles. The molecule has 0 amide bonds. The molecule has 0 unspecified atom stereocenters. The highest BCUT2D eigenvalue weighted by molar-refractivity contribution is 6.17. The lowest BCUT2D eigenvalue weighted by Gasteiger charge is -2.01. The fourth-order valence-electron chi connectivity index (χ4n) is 1.53. The van der Waals surface area contributed by atoms with Crippen molar-refractivity contribution in [2.45, 2.75) is 57.8 Å². The molecule has 0 atom stereocenters. The minimum Gasteiger partial charge on any atom is -0.469 e. The van der Waals surface area contributed by atoms with Crippen LogP contribution < -0.4 is 0 Å². The summed E-state index contributed by atoms with van der Waals surface area (Å²) in [4.78, 5) is 10.8. The molecular weight excluding hydrogens is 212 g/mol. The normalized spacial score (nSPS) is 10.3. The first-order chi connectivity index (χ1) is 7.31. The Morgan fingerprint density at radius 1 is 0.933 bits per heavy atom. The Kier molecular flexibility index (Phi) is 11.6. The van der Waals surface area contributed by atoms with E-state index in [1.54, 1.807) is 0 Å². The highest BCUT2D eigenvalue weighted by Gasteiger charge is 1.98. The summed E-state index contributed by atoms with van der Waals surface area (Å²) in [5.41, 5.74) is 0. The minimum absolute atomic E-state index is 0.0860. The summed E-state index contributed by atoms with van der Waals surface area (Å²) in [6.07, 6.45) is 10.2. The quantitative estimate of drug-likeness (QED) is 0.326. The average molecular weight is 235 g/mol. The number of carbonyl (C=O) groups is 1. The van der Waals surface area contributed by atoms with Crippen LogP contribution in [0.3, 0.4) is 0 Å². The zero-order valence-corrected chi connectivity index (χ0v) is 10.5. The molecule has 0 aromatic carbocycles. The number of halogens is 1. The lowest BCUT2D eigenvalue weighted by Crippen LogP contribution is -1.99. The molecule has 0 aromatic heterocycles. The van der Waals surface area contributed by atoms with Crippen LogP contribution in [0.1, 0.15) is 57.8 Å². The van der Waals surface area contributed by atoms with Crippen LogP contribution in [0.5, 0.6) is 0 Å². The van der Waals surface area contributed by atoms with Crippen molar-refractivity contribution in [2.75, 3.05) is 13.0 Å². The lowest BCUT2D eigenvalue weighted by molar-refractivity contribution is -0.140. The van der Waals surface area contributed by atoms with Gasteiger partial charge in [-0.3, -0.25) is 4.79 Å². The van der Waals surface area contributed by atoms with Crippen molar-refractivity contribution in [2.24, 2.45) is 0 Å². The smallest absolute Gasteiger partial charge is 0.305 e. The number of methoxy groups -OCH3 is 1. The first-order valence-corrected chi connectivity index (χ1v) is 6.47. The molecule has 15 heavy (non-hydrogen) atoms. The Morgan fingerprint density at radius 3 is 1.87 bits per heavy atom. The van der Waals surface area contributed by atoms with Crippen LogP contribution in [-0.4, -0.2) is 19.0 Å². The van der Waals surface area contributed by atoms with Gasteiger partial charge in [-0.25, -0.2) is 0 Å². The minimum atomic E-state index is -0.0860. The number of hydrogen-bond acceptors (Lipinski definition) is 2. The van der Waals surface area contributed by atoms with Crippen LogP contribution in [0, 0.1) is 0 Å². The van der Waals surface area contributed by atoms with Crippen molar-refractivity contribution in [3.63, 3.8) is 0 Å². The molecule has 0 heterocycles. The van der Waals surface area contributed by atoms with Crippen LogP contribution in [0.25, 0.3) is 0 Å². The number of alkyl halides is 1. The first-order valence-electron chi connectivity index (χ1n) is 5.94.